The highest BCUT2D eigenvalue weighted by Crippen LogP contribution is 2.27. The van der Waals surface area contributed by atoms with Crippen molar-refractivity contribution in [3.05, 3.63) is 89.2 Å². The van der Waals surface area contributed by atoms with Gasteiger partial charge in [-0.1, -0.05) is 36.4 Å². The molecule has 6 rings (SSSR count). The zero-order valence-corrected chi connectivity index (χ0v) is 24.6. The molecule has 41 heavy (non-hydrogen) atoms. The molecule has 0 radical (unpaired) electrons. The van der Waals surface area contributed by atoms with Crippen LogP contribution in [0, 0.1) is 19.8 Å². The van der Waals surface area contributed by atoms with Gasteiger partial charge < -0.3 is 19.1 Å². The van der Waals surface area contributed by atoms with Crippen molar-refractivity contribution in [2.45, 2.75) is 39.8 Å². The molecular formula is C34H41N5O2. The lowest BCUT2D eigenvalue weighted by atomic mass is 9.96. The van der Waals surface area contributed by atoms with Crippen molar-refractivity contribution < 1.29 is 9.53 Å². The molecule has 1 atom stereocenters. The van der Waals surface area contributed by atoms with E-state index in [2.05, 4.69) is 81.6 Å². The number of amides is 1. The molecule has 0 saturated carbocycles. The number of nitrogens with zero attached hydrogens (tertiary/aromatic N) is 5. The normalized spacial score (nSPS) is 18.2. The molecule has 214 valence electrons. The van der Waals surface area contributed by atoms with E-state index in [4.69, 9.17) is 9.72 Å². The van der Waals surface area contributed by atoms with Crippen molar-refractivity contribution in [2.24, 2.45) is 5.92 Å². The van der Waals surface area contributed by atoms with E-state index >= 15 is 0 Å². The van der Waals surface area contributed by atoms with Crippen LogP contribution in [0.2, 0.25) is 0 Å². The van der Waals surface area contributed by atoms with Crippen molar-refractivity contribution in [2.75, 3.05) is 51.3 Å². The molecule has 1 amide bonds. The Hall–Kier alpha value is -3.84. The summed E-state index contributed by atoms with van der Waals surface area (Å²) in [5.41, 5.74) is 7.33. The number of para-hydroxylation sites is 2. The molecule has 7 nitrogen and oxygen atoms in total. The van der Waals surface area contributed by atoms with Crippen molar-refractivity contribution in [3.8, 4) is 5.75 Å². The van der Waals surface area contributed by atoms with Gasteiger partial charge in [0.25, 0.3) is 0 Å². The van der Waals surface area contributed by atoms with Crippen LogP contribution < -0.4 is 9.64 Å². The maximum absolute atomic E-state index is 13.7. The third-order valence-electron chi connectivity index (χ3n) is 8.96. The Morgan fingerprint density at radius 1 is 0.902 bits per heavy atom. The SMILES string of the molecule is COc1ccc(Cn2c(CN3CCC[C@@H](C(=O)N4CCN(c5cccc(C)c5C)CC4)C3)nc3ccccc32)cc1. The van der Waals surface area contributed by atoms with E-state index in [-0.39, 0.29) is 5.92 Å². The van der Waals surface area contributed by atoms with Crippen LogP contribution in [-0.4, -0.2) is 71.6 Å². The highest BCUT2D eigenvalue weighted by molar-refractivity contribution is 5.79. The van der Waals surface area contributed by atoms with Gasteiger partial charge in [0.2, 0.25) is 5.91 Å². The van der Waals surface area contributed by atoms with Crippen LogP contribution in [0.3, 0.4) is 0 Å². The first-order valence-corrected chi connectivity index (χ1v) is 14.9. The van der Waals surface area contributed by atoms with Crippen LogP contribution in [0.15, 0.2) is 66.7 Å². The van der Waals surface area contributed by atoms with Crippen molar-refractivity contribution >= 4 is 22.6 Å². The van der Waals surface area contributed by atoms with E-state index in [1.807, 2.05) is 18.2 Å². The summed E-state index contributed by atoms with van der Waals surface area (Å²) >= 11 is 0. The van der Waals surface area contributed by atoms with Gasteiger partial charge in [0.15, 0.2) is 0 Å². The zero-order chi connectivity index (χ0) is 28.3. The molecule has 2 saturated heterocycles. The number of carbonyl (C=O) groups is 1. The molecule has 1 aromatic heterocycles. The van der Waals surface area contributed by atoms with Gasteiger partial charge in [-0.2, -0.15) is 0 Å². The Bertz CT molecular complexity index is 1500. The summed E-state index contributed by atoms with van der Waals surface area (Å²) in [6.45, 7) is 11.0. The fourth-order valence-corrected chi connectivity index (χ4v) is 6.44. The number of hydrogen-bond donors (Lipinski definition) is 0. The summed E-state index contributed by atoms with van der Waals surface area (Å²) in [6.07, 6.45) is 2.01. The van der Waals surface area contributed by atoms with Crippen molar-refractivity contribution in [1.29, 1.82) is 0 Å². The number of anilines is 1. The molecule has 0 N–H and O–H groups in total. The lowest BCUT2D eigenvalue weighted by molar-refractivity contribution is -0.137. The maximum atomic E-state index is 13.7. The quantitative estimate of drug-likeness (QED) is 0.313. The summed E-state index contributed by atoms with van der Waals surface area (Å²) in [6, 6.07) is 23.1. The number of aryl methyl sites for hydroxylation is 1. The number of benzene rings is 3. The van der Waals surface area contributed by atoms with Crippen molar-refractivity contribution in [3.63, 3.8) is 0 Å². The van der Waals surface area contributed by atoms with E-state index in [1.165, 1.54) is 22.4 Å². The van der Waals surface area contributed by atoms with Gasteiger partial charge in [-0.15, -0.1) is 0 Å². The number of piperazine rings is 1. The third kappa shape index (κ3) is 5.82. The second-order valence-corrected chi connectivity index (χ2v) is 11.6. The monoisotopic (exact) mass is 551 g/mol. The van der Waals surface area contributed by atoms with E-state index in [1.54, 1.807) is 7.11 Å². The molecule has 2 fully saturated rings. The summed E-state index contributed by atoms with van der Waals surface area (Å²) < 4.78 is 7.68. The Kier molecular flexibility index (Phi) is 7.97. The number of rotatable bonds is 7. The summed E-state index contributed by atoms with van der Waals surface area (Å²) in [7, 11) is 1.69. The summed E-state index contributed by atoms with van der Waals surface area (Å²) in [5, 5.41) is 0. The standard InChI is InChI=1S/C34H41N5O2/c1-25-8-6-12-31(26(25)2)37-18-20-38(21-19-37)34(40)28-9-7-17-36(23-28)24-33-35-30-10-4-5-11-32(30)39(33)22-27-13-15-29(41-3)16-14-27/h4-6,8,10-16,28H,7,9,17-24H2,1-3H3/t28-/m1/s1. The highest BCUT2D eigenvalue weighted by Gasteiger charge is 2.32. The molecule has 0 aliphatic carbocycles. The molecule has 3 aromatic carbocycles. The average molecular weight is 552 g/mol. The molecule has 7 heteroatoms. The minimum Gasteiger partial charge on any atom is -0.497 e. The first-order valence-electron chi connectivity index (χ1n) is 14.9. The van der Waals surface area contributed by atoms with Gasteiger partial charge in [0.05, 0.1) is 30.6 Å². The predicted octanol–water partition coefficient (Wildman–Crippen LogP) is 5.27. The molecule has 3 heterocycles. The first-order chi connectivity index (χ1) is 20.0. The fourth-order valence-electron chi connectivity index (χ4n) is 6.44. The van der Waals surface area contributed by atoms with Crippen molar-refractivity contribution in [1.82, 2.24) is 19.4 Å². The smallest absolute Gasteiger partial charge is 0.227 e. The second kappa shape index (κ2) is 12.0. The van der Waals surface area contributed by atoms with Gasteiger partial charge in [0, 0.05) is 45.0 Å². The van der Waals surface area contributed by atoms with E-state index < -0.39 is 0 Å². The number of hydrogen-bond acceptors (Lipinski definition) is 5. The highest BCUT2D eigenvalue weighted by atomic mass is 16.5. The first kappa shape index (κ1) is 27.3. The third-order valence-corrected chi connectivity index (χ3v) is 8.96. The van der Waals surface area contributed by atoms with Crippen LogP contribution in [0.4, 0.5) is 5.69 Å². The minimum absolute atomic E-state index is 0.0513. The van der Waals surface area contributed by atoms with Crippen LogP contribution in [0.5, 0.6) is 5.75 Å². The van der Waals surface area contributed by atoms with E-state index in [9.17, 15) is 4.79 Å². The van der Waals surface area contributed by atoms with E-state index in [0.717, 1.165) is 87.8 Å². The van der Waals surface area contributed by atoms with Crippen LogP contribution in [0.1, 0.15) is 35.4 Å². The van der Waals surface area contributed by atoms with Gasteiger partial charge in [-0.3, -0.25) is 9.69 Å². The second-order valence-electron chi connectivity index (χ2n) is 11.6. The topological polar surface area (TPSA) is 53.8 Å². The number of aromatic nitrogens is 2. The number of ether oxygens (including phenoxy) is 1. The zero-order valence-electron chi connectivity index (χ0n) is 24.6. The molecule has 4 aromatic rings. The van der Waals surface area contributed by atoms with Gasteiger partial charge >= 0.3 is 0 Å². The van der Waals surface area contributed by atoms with E-state index in [0.29, 0.717) is 5.91 Å². The molecule has 0 spiro atoms. The molecule has 2 aliphatic rings. The van der Waals surface area contributed by atoms with Gasteiger partial charge in [-0.25, -0.2) is 4.98 Å². The number of carbonyl (C=O) groups excluding carboxylic acids is 1. The predicted molar refractivity (Wildman–Crippen MR) is 165 cm³/mol. The minimum atomic E-state index is 0.0513. The number of piperidine rings is 1. The molecular weight excluding hydrogens is 510 g/mol. The van der Waals surface area contributed by atoms with Crippen LogP contribution in [-0.2, 0) is 17.9 Å². The molecule has 0 bridgehead atoms. The maximum Gasteiger partial charge on any atom is 0.227 e. The Balaban J connectivity index is 1.12. The molecule has 2 aliphatic heterocycles. The Morgan fingerprint density at radius 3 is 2.46 bits per heavy atom. The summed E-state index contributed by atoms with van der Waals surface area (Å²) in [5.74, 6) is 2.29. The summed E-state index contributed by atoms with van der Waals surface area (Å²) in [4.78, 5) is 25.7. The van der Waals surface area contributed by atoms with Gasteiger partial charge in [-0.05, 0) is 80.3 Å². The number of imidazole rings is 1. The molecule has 0 unspecified atom stereocenters. The number of likely N-dealkylation sites (tertiary alicyclic amines) is 1. The average Bonchev–Trinajstić information content (AvgIpc) is 3.35. The van der Waals surface area contributed by atoms with Crippen LogP contribution in [0.25, 0.3) is 11.0 Å². The van der Waals surface area contributed by atoms with Crippen LogP contribution >= 0.6 is 0 Å². The lowest BCUT2D eigenvalue weighted by Crippen LogP contribution is -2.52. The largest absolute Gasteiger partial charge is 0.497 e. The van der Waals surface area contributed by atoms with Gasteiger partial charge in [0.1, 0.15) is 11.6 Å². The lowest BCUT2D eigenvalue weighted by Gasteiger charge is -2.40. The number of methoxy groups -OCH3 is 1. The fraction of sp³-hybridized carbons (Fsp3) is 0.412. The Morgan fingerprint density at radius 2 is 1.68 bits per heavy atom. The Labute approximate surface area is 243 Å². The number of fused-ring (bicyclic) bond motifs is 1.